The normalized spacial score (nSPS) is 21.2. The van der Waals surface area contributed by atoms with E-state index in [9.17, 15) is 5.11 Å². The zero-order valence-electron chi connectivity index (χ0n) is 14.9. The molecule has 0 saturated carbocycles. The molecule has 1 aromatic rings. The second kappa shape index (κ2) is 7.03. The Balaban J connectivity index is 1.67. The summed E-state index contributed by atoms with van der Waals surface area (Å²) in [5.41, 5.74) is 2.61. The number of allylic oxidation sites excluding steroid dienone is 1. The van der Waals surface area contributed by atoms with Crippen LogP contribution < -0.4 is 0 Å². The fourth-order valence-electron chi connectivity index (χ4n) is 3.09. The van der Waals surface area contributed by atoms with Gasteiger partial charge in [0.05, 0.1) is 6.21 Å². The average molecular weight is 366 g/mol. The Kier molecular flexibility index (Phi) is 4.59. The predicted octanol–water partition coefficient (Wildman–Crippen LogP) is 4.33. The fourth-order valence-corrected chi connectivity index (χ4v) is 3.97. The average Bonchev–Trinajstić information content (AvgIpc) is 2.67. The molecule has 0 fully saturated rings. The molecule has 6 heteroatoms. The summed E-state index contributed by atoms with van der Waals surface area (Å²) in [7, 11) is 0. The van der Waals surface area contributed by atoms with Crippen molar-refractivity contribution in [3.05, 3.63) is 65.2 Å². The molecule has 0 aromatic heterocycles. The molecule has 3 aliphatic heterocycles. The van der Waals surface area contributed by atoms with E-state index in [0.29, 0.717) is 11.6 Å². The Hall–Kier alpha value is -2.47. The van der Waals surface area contributed by atoms with Crippen LogP contribution in [0.3, 0.4) is 0 Å². The molecular weight excluding hydrogens is 344 g/mol. The van der Waals surface area contributed by atoms with Gasteiger partial charge in [0.1, 0.15) is 11.9 Å². The molecule has 0 spiro atoms. The predicted molar refractivity (Wildman–Crippen MR) is 107 cm³/mol. The van der Waals surface area contributed by atoms with Crippen LogP contribution in [0.2, 0.25) is 0 Å². The molecule has 0 aliphatic carbocycles. The highest BCUT2D eigenvalue weighted by Crippen LogP contribution is 2.38. The minimum absolute atomic E-state index is 0.159. The number of aliphatic imine (C=N–C) groups is 1. The third-order valence-electron chi connectivity index (χ3n) is 4.56. The first-order chi connectivity index (χ1) is 12.6. The van der Waals surface area contributed by atoms with E-state index in [2.05, 4.69) is 34.9 Å². The van der Waals surface area contributed by atoms with Gasteiger partial charge in [0, 0.05) is 46.9 Å². The molecule has 1 atom stereocenters. The van der Waals surface area contributed by atoms with Gasteiger partial charge in [-0.1, -0.05) is 32.0 Å². The zero-order valence-corrected chi connectivity index (χ0v) is 15.7. The molecule has 0 radical (unpaired) electrons. The highest BCUT2D eigenvalue weighted by Gasteiger charge is 2.32. The van der Waals surface area contributed by atoms with Crippen molar-refractivity contribution >= 4 is 24.4 Å². The van der Waals surface area contributed by atoms with E-state index in [1.807, 2.05) is 42.8 Å². The Bertz CT molecular complexity index is 853. The minimum Gasteiger partial charge on any atom is -0.505 e. The van der Waals surface area contributed by atoms with Gasteiger partial charge in [-0.3, -0.25) is 4.99 Å². The number of hydrogen-bond acceptors (Lipinski definition) is 6. The van der Waals surface area contributed by atoms with Gasteiger partial charge in [-0.05, 0) is 30.6 Å². The van der Waals surface area contributed by atoms with Crippen molar-refractivity contribution in [1.29, 1.82) is 0 Å². The first kappa shape index (κ1) is 17.0. The molecule has 0 amide bonds. The maximum Gasteiger partial charge on any atom is 0.150 e. The van der Waals surface area contributed by atoms with Crippen LogP contribution >= 0.6 is 11.9 Å². The minimum atomic E-state index is -0.159. The maximum absolute atomic E-state index is 10.9. The van der Waals surface area contributed by atoms with Crippen molar-refractivity contribution in [3.63, 3.8) is 0 Å². The summed E-state index contributed by atoms with van der Waals surface area (Å²) in [6.07, 6.45) is 10.3. The Morgan fingerprint density at radius 2 is 2.12 bits per heavy atom. The Morgan fingerprint density at radius 1 is 1.27 bits per heavy atom. The van der Waals surface area contributed by atoms with Crippen molar-refractivity contribution in [1.82, 2.24) is 9.31 Å². The number of aliphatic hydroxyl groups is 1. The number of rotatable bonds is 4. The Labute approximate surface area is 158 Å². The van der Waals surface area contributed by atoms with Crippen LogP contribution in [-0.4, -0.2) is 39.6 Å². The van der Waals surface area contributed by atoms with E-state index in [0.717, 1.165) is 29.0 Å². The summed E-state index contributed by atoms with van der Waals surface area (Å²) < 4.78 is 1.79. The SMILES string of the molecule is CC(C)CCN1C=C(N2N=Cc3ccccc3S2)C(O)=C2C=CC=NC21. The van der Waals surface area contributed by atoms with E-state index >= 15 is 0 Å². The van der Waals surface area contributed by atoms with E-state index in [1.165, 1.54) is 11.9 Å². The lowest BCUT2D eigenvalue weighted by Gasteiger charge is -2.37. The van der Waals surface area contributed by atoms with Crippen LogP contribution in [0.15, 0.2) is 74.6 Å². The number of fused-ring (bicyclic) bond motifs is 2. The lowest BCUT2D eigenvalue weighted by molar-refractivity contribution is 0.262. The maximum atomic E-state index is 10.9. The van der Waals surface area contributed by atoms with E-state index in [-0.39, 0.29) is 11.9 Å². The first-order valence-electron chi connectivity index (χ1n) is 8.85. The van der Waals surface area contributed by atoms with Crippen LogP contribution in [0.1, 0.15) is 25.8 Å². The van der Waals surface area contributed by atoms with Crippen molar-refractivity contribution in [2.45, 2.75) is 31.3 Å². The second-order valence-corrected chi connectivity index (χ2v) is 7.88. The van der Waals surface area contributed by atoms with Crippen LogP contribution in [-0.2, 0) is 0 Å². The Morgan fingerprint density at radius 3 is 2.96 bits per heavy atom. The standard InChI is InChI=1S/C20H22N4OS/c1-14(2)9-11-23-13-17(19(25)16-7-5-10-21-20(16)23)24-22-12-15-6-3-4-8-18(15)26-24/h3-8,10,12-14,20,25H,9,11H2,1-2H3. The number of hydrogen-bond donors (Lipinski definition) is 1. The molecule has 1 unspecified atom stereocenters. The van der Waals surface area contributed by atoms with Crippen molar-refractivity contribution in [2.24, 2.45) is 16.0 Å². The number of hydrazone groups is 1. The number of nitrogens with zero attached hydrogens (tertiary/aromatic N) is 4. The molecule has 1 aromatic carbocycles. The number of benzene rings is 1. The van der Waals surface area contributed by atoms with Gasteiger partial charge < -0.3 is 10.0 Å². The molecule has 5 nitrogen and oxygen atoms in total. The van der Waals surface area contributed by atoms with Crippen LogP contribution in [0.4, 0.5) is 0 Å². The van der Waals surface area contributed by atoms with Gasteiger partial charge >= 0.3 is 0 Å². The summed E-state index contributed by atoms with van der Waals surface area (Å²) in [6.45, 7) is 5.32. The van der Waals surface area contributed by atoms with E-state index in [4.69, 9.17) is 0 Å². The van der Waals surface area contributed by atoms with Gasteiger partial charge in [-0.2, -0.15) is 9.52 Å². The van der Waals surface area contributed by atoms with Crippen molar-refractivity contribution in [2.75, 3.05) is 6.54 Å². The highest BCUT2D eigenvalue weighted by atomic mass is 32.2. The van der Waals surface area contributed by atoms with Gasteiger partial charge in [0.25, 0.3) is 0 Å². The third kappa shape index (κ3) is 3.17. The van der Waals surface area contributed by atoms with Crippen LogP contribution in [0.5, 0.6) is 0 Å². The molecule has 0 bridgehead atoms. The topological polar surface area (TPSA) is 51.4 Å². The van der Waals surface area contributed by atoms with Gasteiger partial charge in [0.2, 0.25) is 0 Å². The summed E-state index contributed by atoms with van der Waals surface area (Å²) in [5, 5.41) is 15.4. The van der Waals surface area contributed by atoms with E-state index < -0.39 is 0 Å². The quantitative estimate of drug-likeness (QED) is 0.806. The number of dihydropyridines is 1. The van der Waals surface area contributed by atoms with Crippen molar-refractivity contribution < 1.29 is 5.11 Å². The molecule has 3 heterocycles. The summed E-state index contributed by atoms with van der Waals surface area (Å²) in [4.78, 5) is 7.88. The monoisotopic (exact) mass is 366 g/mol. The molecule has 3 aliphatic rings. The summed E-state index contributed by atoms with van der Waals surface area (Å²) in [6, 6.07) is 8.12. The molecule has 26 heavy (non-hydrogen) atoms. The largest absolute Gasteiger partial charge is 0.505 e. The molecular formula is C20H22N4OS. The number of aliphatic hydroxyl groups excluding tert-OH is 1. The van der Waals surface area contributed by atoms with Gasteiger partial charge in [0.15, 0.2) is 5.76 Å². The fraction of sp³-hybridized carbons (Fsp3) is 0.300. The van der Waals surface area contributed by atoms with E-state index in [1.54, 1.807) is 10.6 Å². The van der Waals surface area contributed by atoms with Crippen LogP contribution in [0, 0.1) is 5.92 Å². The molecule has 4 rings (SSSR count). The summed E-state index contributed by atoms with van der Waals surface area (Å²) in [5.74, 6) is 0.847. The zero-order chi connectivity index (χ0) is 18.1. The molecule has 134 valence electrons. The first-order valence-corrected chi connectivity index (χ1v) is 9.63. The smallest absolute Gasteiger partial charge is 0.150 e. The van der Waals surface area contributed by atoms with Crippen LogP contribution in [0.25, 0.3) is 0 Å². The molecule has 0 saturated heterocycles. The highest BCUT2D eigenvalue weighted by molar-refractivity contribution is 7.97. The van der Waals surface area contributed by atoms with Crippen molar-refractivity contribution in [3.8, 4) is 0 Å². The lowest BCUT2D eigenvalue weighted by Crippen LogP contribution is -2.38. The molecule has 1 N–H and O–H groups in total. The van der Waals surface area contributed by atoms with Gasteiger partial charge in [-0.15, -0.1) is 0 Å². The lowest BCUT2D eigenvalue weighted by atomic mass is 10.0. The summed E-state index contributed by atoms with van der Waals surface area (Å²) >= 11 is 1.52. The van der Waals surface area contributed by atoms with Gasteiger partial charge in [-0.25, -0.2) is 0 Å². The third-order valence-corrected chi connectivity index (χ3v) is 5.59. The second-order valence-electron chi connectivity index (χ2n) is 6.92.